The van der Waals surface area contributed by atoms with E-state index in [0.29, 0.717) is 42.3 Å². The van der Waals surface area contributed by atoms with Gasteiger partial charge < -0.3 is 14.8 Å². The van der Waals surface area contributed by atoms with Crippen LogP contribution in [0.3, 0.4) is 0 Å². The average Bonchev–Trinajstić information content (AvgIpc) is 2.99. The number of carbonyl (C=O) groups excluding carboxylic acids is 2. The molecule has 4 aromatic rings. The lowest BCUT2D eigenvalue weighted by Crippen LogP contribution is -2.11. The highest BCUT2D eigenvalue weighted by Crippen LogP contribution is 2.26. The van der Waals surface area contributed by atoms with E-state index in [-0.39, 0.29) is 11.9 Å². The summed E-state index contributed by atoms with van der Waals surface area (Å²) in [5, 5.41) is 3.38. The van der Waals surface area contributed by atoms with Crippen LogP contribution in [0.2, 0.25) is 0 Å². The summed E-state index contributed by atoms with van der Waals surface area (Å²) in [4.78, 5) is 25.6. The molecule has 0 aromatic heterocycles. The molecular formula is C35H37NO4S2. The van der Waals surface area contributed by atoms with E-state index in [1.54, 1.807) is 27.7 Å². The molecule has 4 aromatic carbocycles. The molecule has 7 heteroatoms. The number of anilines is 2. The summed E-state index contributed by atoms with van der Waals surface area (Å²) in [6.45, 7) is 8.94. The van der Waals surface area contributed by atoms with Crippen molar-refractivity contribution in [2.75, 3.05) is 30.0 Å². The number of aryl methyl sites for hydroxylation is 2. The van der Waals surface area contributed by atoms with Crippen molar-refractivity contribution in [2.24, 2.45) is 0 Å². The maximum absolute atomic E-state index is 12.8. The van der Waals surface area contributed by atoms with Gasteiger partial charge in [-0.15, -0.1) is 0 Å². The van der Waals surface area contributed by atoms with Crippen molar-refractivity contribution in [1.82, 2.24) is 0 Å². The molecule has 1 N–H and O–H groups in total. The molecule has 0 saturated carbocycles. The second-order valence-corrected chi connectivity index (χ2v) is 12.7. The van der Waals surface area contributed by atoms with E-state index in [1.165, 1.54) is 22.3 Å². The molecule has 42 heavy (non-hydrogen) atoms. The summed E-state index contributed by atoms with van der Waals surface area (Å²) in [5.41, 5.74) is 9.78. The number of esters is 2. The molecule has 0 aliphatic rings. The van der Waals surface area contributed by atoms with Crippen LogP contribution in [0.1, 0.15) is 54.1 Å². The van der Waals surface area contributed by atoms with E-state index < -0.39 is 0 Å². The fourth-order valence-corrected chi connectivity index (χ4v) is 6.15. The third-order valence-corrected chi connectivity index (χ3v) is 9.57. The van der Waals surface area contributed by atoms with E-state index in [2.05, 4.69) is 57.3 Å². The minimum absolute atomic E-state index is 0.292. The fraction of sp³-hybridized carbons (Fsp3) is 0.257. The summed E-state index contributed by atoms with van der Waals surface area (Å²) in [7, 11) is 3.18. The van der Waals surface area contributed by atoms with Crippen molar-refractivity contribution in [1.29, 1.82) is 0 Å². The minimum Gasteiger partial charge on any atom is -0.461 e. The molecule has 4 rings (SSSR count). The Morgan fingerprint density at radius 3 is 1.83 bits per heavy atom. The fourth-order valence-electron chi connectivity index (χ4n) is 4.49. The van der Waals surface area contributed by atoms with Crippen LogP contribution >= 0.6 is 21.6 Å². The lowest BCUT2D eigenvalue weighted by atomic mass is 9.95. The molecule has 0 radical (unpaired) electrons. The van der Waals surface area contributed by atoms with Crippen molar-refractivity contribution in [2.45, 2.75) is 34.1 Å². The Labute approximate surface area is 256 Å². The largest absolute Gasteiger partial charge is 0.461 e. The molecular weight excluding hydrogens is 563 g/mol. The number of benzene rings is 4. The number of carbonyl (C=O) groups is 2. The number of ether oxygens (including phenoxy) is 2. The Morgan fingerprint density at radius 2 is 1.12 bits per heavy atom. The standard InChI is InChI=1S/C35H37NO4S2/c1-24-11-9-14-28(26(24)3)23-29-13-5-6-15-30(29)34(37)39-19-21-41-42-22-20-40-35(38)31-16-7-8-17-33(31)36-32-18-10-12-25(2)27(32)4/h5-18,36H,19-23H2,1-4H3. The topological polar surface area (TPSA) is 64.6 Å². The summed E-state index contributed by atoms with van der Waals surface area (Å²) in [5.74, 6) is 0.618. The van der Waals surface area contributed by atoms with Crippen LogP contribution in [0, 0.1) is 27.7 Å². The van der Waals surface area contributed by atoms with Crippen LogP contribution in [0.15, 0.2) is 84.9 Å². The van der Waals surface area contributed by atoms with E-state index in [1.807, 2.05) is 54.6 Å². The minimum atomic E-state index is -0.359. The molecule has 5 nitrogen and oxygen atoms in total. The van der Waals surface area contributed by atoms with Crippen molar-refractivity contribution < 1.29 is 19.1 Å². The number of hydrogen-bond acceptors (Lipinski definition) is 7. The molecule has 0 bridgehead atoms. The second kappa shape index (κ2) is 15.5. The van der Waals surface area contributed by atoms with Crippen LogP contribution in [0.4, 0.5) is 11.4 Å². The van der Waals surface area contributed by atoms with Gasteiger partial charge in [0.2, 0.25) is 0 Å². The second-order valence-electron chi connectivity index (χ2n) is 10.0. The summed E-state index contributed by atoms with van der Waals surface area (Å²) < 4.78 is 11.1. The average molecular weight is 600 g/mol. The van der Waals surface area contributed by atoms with Crippen molar-refractivity contribution in [3.8, 4) is 0 Å². The molecule has 0 aliphatic heterocycles. The highest BCUT2D eigenvalue weighted by molar-refractivity contribution is 8.76. The zero-order valence-electron chi connectivity index (χ0n) is 24.6. The maximum atomic E-state index is 12.8. The van der Waals surface area contributed by atoms with E-state index >= 15 is 0 Å². The van der Waals surface area contributed by atoms with Crippen molar-refractivity contribution >= 4 is 44.9 Å². The molecule has 0 amide bonds. The van der Waals surface area contributed by atoms with Crippen molar-refractivity contribution in [3.05, 3.63) is 129 Å². The molecule has 0 spiro atoms. The first kappa shape index (κ1) is 31.3. The molecule has 0 fully saturated rings. The van der Waals surface area contributed by atoms with Gasteiger partial charge in [0.1, 0.15) is 13.2 Å². The number of para-hydroxylation sites is 1. The lowest BCUT2D eigenvalue weighted by Gasteiger charge is -2.14. The van der Waals surface area contributed by atoms with E-state index in [0.717, 1.165) is 22.5 Å². The monoisotopic (exact) mass is 599 g/mol. The Morgan fingerprint density at radius 1 is 0.595 bits per heavy atom. The number of nitrogens with one attached hydrogen (secondary N) is 1. The van der Waals surface area contributed by atoms with Gasteiger partial charge >= 0.3 is 11.9 Å². The number of hydrogen-bond donors (Lipinski definition) is 1. The predicted octanol–water partition coefficient (Wildman–Crippen LogP) is 8.65. The molecule has 0 saturated heterocycles. The highest BCUT2D eigenvalue weighted by atomic mass is 33.1. The first-order valence-corrected chi connectivity index (χ1v) is 16.5. The van der Waals surface area contributed by atoms with Crippen LogP contribution < -0.4 is 5.32 Å². The quantitative estimate of drug-likeness (QED) is 0.0937. The first-order chi connectivity index (χ1) is 20.3. The lowest BCUT2D eigenvalue weighted by molar-refractivity contribution is 0.0520. The van der Waals surface area contributed by atoms with Gasteiger partial charge in [0.15, 0.2) is 0 Å². The SMILES string of the molecule is Cc1cccc(Cc2ccccc2C(=O)OCCSSCCOC(=O)c2ccccc2Nc2cccc(C)c2C)c1C. The molecule has 0 atom stereocenters. The van der Waals surface area contributed by atoms with E-state index in [4.69, 9.17) is 9.47 Å². The van der Waals surface area contributed by atoms with Gasteiger partial charge in [-0.3, -0.25) is 0 Å². The maximum Gasteiger partial charge on any atom is 0.340 e. The highest BCUT2D eigenvalue weighted by Gasteiger charge is 2.15. The normalized spacial score (nSPS) is 10.8. The van der Waals surface area contributed by atoms with Crippen LogP contribution in [0.25, 0.3) is 0 Å². The number of rotatable bonds is 13. The molecule has 0 unspecified atom stereocenters. The van der Waals surface area contributed by atoms with Gasteiger partial charge in [-0.25, -0.2) is 9.59 Å². The molecule has 0 aliphatic carbocycles. The summed E-state index contributed by atoms with van der Waals surface area (Å²) in [6.07, 6.45) is 0.689. The van der Waals surface area contributed by atoms with Crippen LogP contribution in [0.5, 0.6) is 0 Å². The van der Waals surface area contributed by atoms with Crippen molar-refractivity contribution in [3.63, 3.8) is 0 Å². The summed E-state index contributed by atoms with van der Waals surface area (Å²) >= 11 is 0. The Balaban J connectivity index is 1.18. The third-order valence-electron chi connectivity index (χ3n) is 7.24. The van der Waals surface area contributed by atoms with Crippen LogP contribution in [-0.2, 0) is 15.9 Å². The van der Waals surface area contributed by atoms with Crippen LogP contribution in [-0.4, -0.2) is 36.7 Å². The Kier molecular flexibility index (Phi) is 11.6. The Bertz CT molecular complexity index is 1420. The van der Waals surface area contributed by atoms with Gasteiger partial charge in [0, 0.05) is 17.2 Å². The van der Waals surface area contributed by atoms with Gasteiger partial charge in [0.05, 0.1) is 16.8 Å². The van der Waals surface area contributed by atoms with E-state index in [9.17, 15) is 9.59 Å². The predicted molar refractivity (Wildman–Crippen MR) is 176 cm³/mol. The van der Waals surface area contributed by atoms with Gasteiger partial charge in [-0.05, 0) is 91.8 Å². The van der Waals surface area contributed by atoms with Gasteiger partial charge in [0.25, 0.3) is 0 Å². The molecule has 218 valence electrons. The molecule has 0 heterocycles. The Hall–Kier alpha value is -3.68. The smallest absolute Gasteiger partial charge is 0.340 e. The summed E-state index contributed by atoms with van der Waals surface area (Å²) in [6, 6.07) is 27.3. The van der Waals surface area contributed by atoms with Gasteiger partial charge in [-0.1, -0.05) is 82.3 Å². The van der Waals surface area contributed by atoms with Gasteiger partial charge in [-0.2, -0.15) is 0 Å². The third kappa shape index (κ3) is 8.43. The zero-order valence-corrected chi connectivity index (χ0v) is 26.2. The first-order valence-electron chi connectivity index (χ1n) is 14.0. The zero-order chi connectivity index (χ0) is 29.9.